The number of alkyl halides is 2. The van der Waals surface area contributed by atoms with Gasteiger partial charge in [0, 0.05) is 36.8 Å². The first-order valence-electron chi connectivity index (χ1n) is 9.05. The van der Waals surface area contributed by atoms with Gasteiger partial charge in [0.15, 0.2) is 0 Å². The molecule has 0 unspecified atom stereocenters. The fourth-order valence-electron chi connectivity index (χ4n) is 3.65. The first-order valence-corrected chi connectivity index (χ1v) is 9.05. The van der Waals surface area contributed by atoms with Crippen molar-refractivity contribution in [2.24, 2.45) is 13.0 Å². The van der Waals surface area contributed by atoms with E-state index in [0.29, 0.717) is 5.69 Å². The molecule has 3 aromatic rings. The van der Waals surface area contributed by atoms with E-state index in [1.165, 1.54) is 0 Å². The summed E-state index contributed by atoms with van der Waals surface area (Å²) >= 11 is 0. The van der Waals surface area contributed by atoms with Crippen molar-refractivity contribution in [1.29, 1.82) is 0 Å². The van der Waals surface area contributed by atoms with Crippen LogP contribution in [0.25, 0.3) is 22.2 Å². The number of halogens is 2. The molecule has 1 aromatic carbocycles. The minimum atomic E-state index is -2.62. The van der Waals surface area contributed by atoms with Gasteiger partial charge in [-0.15, -0.1) is 0 Å². The number of rotatable bonds is 4. The molecular weight excluding hydrogens is 350 g/mol. The molecule has 27 heavy (non-hydrogen) atoms. The zero-order chi connectivity index (χ0) is 19.0. The van der Waals surface area contributed by atoms with E-state index in [9.17, 15) is 13.6 Å². The van der Waals surface area contributed by atoms with Gasteiger partial charge >= 0.3 is 0 Å². The second-order valence-corrected chi connectivity index (χ2v) is 7.27. The number of aryl methyl sites for hydroxylation is 1. The lowest BCUT2D eigenvalue weighted by molar-refractivity contribution is -0.126. The molecule has 0 bridgehead atoms. The Balaban J connectivity index is 1.54. The number of fused-ring (bicyclic) bond motifs is 1. The molecule has 0 saturated heterocycles. The molecule has 0 aliphatic heterocycles. The van der Waals surface area contributed by atoms with Crippen molar-refractivity contribution < 1.29 is 13.6 Å². The van der Waals surface area contributed by atoms with Crippen molar-refractivity contribution in [3.8, 4) is 11.3 Å². The molecule has 140 valence electrons. The summed E-state index contributed by atoms with van der Waals surface area (Å²) < 4.78 is 28.5. The summed E-state index contributed by atoms with van der Waals surface area (Å²) in [4.78, 5) is 16.6. The average molecular weight is 370 g/mol. The quantitative estimate of drug-likeness (QED) is 0.697. The van der Waals surface area contributed by atoms with Crippen LogP contribution < -0.4 is 0 Å². The summed E-state index contributed by atoms with van der Waals surface area (Å²) in [6, 6.07) is 7.70. The molecule has 5 nitrogen and oxygen atoms in total. The van der Waals surface area contributed by atoms with Crippen molar-refractivity contribution in [1.82, 2.24) is 19.7 Å². The summed E-state index contributed by atoms with van der Waals surface area (Å²) in [5.41, 5.74) is 3.30. The number of nitrogens with zero attached hydrogens (tertiary/aromatic N) is 4. The summed E-state index contributed by atoms with van der Waals surface area (Å²) in [7, 11) is 1.93. The molecule has 0 radical (unpaired) electrons. The topological polar surface area (TPSA) is 60.7 Å². The normalized spacial score (nSPS) is 17.3. The minimum absolute atomic E-state index is 0.0260. The Labute approximate surface area is 155 Å². The van der Waals surface area contributed by atoms with Gasteiger partial charge in [0.1, 0.15) is 5.78 Å². The van der Waals surface area contributed by atoms with E-state index in [1.54, 1.807) is 12.5 Å². The fourth-order valence-corrected chi connectivity index (χ4v) is 3.65. The van der Waals surface area contributed by atoms with E-state index in [-0.39, 0.29) is 43.8 Å². The minimum Gasteiger partial charge on any atom is -0.334 e. The number of carbonyl (C=O) groups is 1. The van der Waals surface area contributed by atoms with Gasteiger partial charge in [0.2, 0.25) is 5.92 Å². The van der Waals surface area contributed by atoms with Crippen molar-refractivity contribution in [2.45, 2.75) is 38.0 Å². The van der Waals surface area contributed by atoms with E-state index in [0.717, 1.165) is 22.2 Å². The molecule has 0 N–H and O–H groups in total. The summed E-state index contributed by atoms with van der Waals surface area (Å²) in [6.07, 6.45) is 3.74. The zero-order valence-corrected chi connectivity index (χ0v) is 15.0. The third kappa shape index (κ3) is 3.72. The highest BCUT2D eigenvalue weighted by Crippen LogP contribution is 2.36. The maximum absolute atomic E-state index is 13.3. The molecule has 1 fully saturated rings. The monoisotopic (exact) mass is 370 g/mol. The van der Waals surface area contributed by atoms with Gasteiger partial charge in [-0.2, -0.15) is 10.2 Å². The zero-order valence-electron chi connectivity index (χ0n) is 15.0. The van der Waals surface area contributed by atoms with Crippen molar-refractivity contribution >= 4 is 16.7 Å². The summed E-state index contributed by atoms with van der Waals surface area (Å²) in [6.45, 7) is 0. The van der Waals surface area contributed by atoms with Crippen LogP contribution in [0.15, 0.2) is 36.8 Å². The summed E-state index contributed by atoms with van der Waals surface area (Å²) in [5, 5.41) is 9.24. The van der Waals surface area contributed by atoms with E-state index in [2.05, 4.69) is 15.2 Å². The molecule has 2 heterocycles. The Hall–Kier alpha value is -2.70. The Bertz CT molecular complexity index is 989. The summed E-state index contributed by atoms with van der Waals surface area (Å²) in [5.74, 6) is -2.95. The molecule has 4 rings (SSSR count). The van der Waals surface area contributed by atoms with E-state index in [1.807, 2.05) is 35.9 Å². The molecule has 1 aliphatic carbocycles. The third-order valence-electron chi connectivity index (χ3n) is 5.28. The highest BCUT2D eigenvalue weighted by atomic mass is 19.3. The lowest BCUT2D eigenvalue weighted by Crippen LogP contribution is -2.29. The number of hydrogen-bond donors (Lipinski definition) is 0. The smallest absolute Gasteiger partial charge is 0.248 e. The second kappa shape index (κ2) is 6.79. The average Bonchev–Trinajstić information content (AvgIpc) is 3.07. The largest absolute Gasteiger partial charge is 0.334 e. The number of benzene rings is 1. The molecule has 0 amide bonds. The van der Waals surface area contributed by atoms with Gasteiger partial charge in [0.05, 0.1) is 35.8 Å². The molecule has 1 saturated carbocycles. The van der Waals surface area contributed by atoms with E-state index in [4.69, 9.17) is 0 Å². The van der Waals surface area contributed by atoms with Gasteiger partial charge < -0.3 is 4.57 Å². The van der Waals surface area contributed by atoms with Crippen LogP contribution in [0.2, 0.25) is 0 Å². The number of ketones is 1. The van der Waals surface area contributed by atoms with Crippen molar-refractivity contribution in [2.75, 3.05) is 0 Å². The molecular formula is C20H20F2N4O. The molecule has 0 atom stereocenters. The SMILES string of the molecule is Cn1cncc1-c1ccc2nnc(CC(=O)C3CCC(F)(F)CC3)cc2c1. The van der Waals surface area contributed by atoms with Gasteiger partial charge in [-0.25, -0.2) is 13.8 Å². The Kier molecular flexibility index (Phi) is 4.45. The number of imidazole rings is 1. The maximum atomic E-state index is 13.3. The van der Waals surface area contributed by atoms with E-state index < -0.39 is 5.92 Å². The fraction of sp³-hybridized carbons (Fsp3) is 0.400. The molecule has 7 heteroatoms. The maximum Gasteiger partial charge on any atom is 0.248 e. The Morgan fingerprint density at radius 2 is 2.00 bits per heavy atom. The first-order chi connectivity index (χ1) is 12.9. The Morgan fingerprint density at radius 1 is 1.22 bits per heavy atom. The van der Waals surface area contributed by atoms with Crippen LogP contribution in [0.1, 0.15) is 31.4 Å². The lowest BCUT2D eigenvalue weighted by atomic mass is 9.83. The predicted molar refractivity (Wildman–Crippen MR) is 97.4 cm³/mol. The highest BCUT2D eigenvalue weighted by Gasteiger charge is 2.37. The number of hydrogen-bond acceptors (Lipinski definition) is 4. The van der Waals surface area contributed by atoms with Gasteiger partial charge in [-0.3, -0.25) is 4.79 Å². The number of aromatic nitrogens is 4. The van der Waals surface area contributed by atoms with Crippen LogP contribution in [0.4, 0.5) is 8.78 Å². The second-order valence-electron chi connectivity index (χ2n) is 7.27. The molecule has 0 spiro atoms. The van der Waals surface area contributed by atoms with Gasteiger partial charge in [-0.1, -0.05) is 6.07 Å². The first kappa shape index (κ1) is 17.7. The van der Waals surface area contributed by atoms with Crippen LogP contribution in [0.5, 0.6) is 0 Å². The van der Waals surface area contributed by atoms with E-state index >= 15 is 0 Å². The number of carbonyl (C=O) groups excluding carboxylic acids is 1. The van der Waals surface area contributed by atoms with Crippen LogP contribution >= 0.6 is 0 Å². The Morgan fingerprint density at radius 3 is 2.70 bits per heavy atom. The van der Waals surface area contributed by atoms with Crippen molar-refractivity contribution in [3.63, 3.8) is 0 Å². The predicted octanol–water partition coefficient (Wildman–Crippen LogP) is 3.97. The third-order valence-corrected chi connectivity index (χ3v) is 5.28. The van der Waals surface area contributed by atoms with Crippen LogP contribution in [0, 0.1) is 5.92 Å². The highest BCUT2D eigenvalue weighted by molar-refractivity contribution is 5.86. The standard InChI is InChI=1S/C20H20F2N4O/c1-26-12-23-11-18(26)14-2-3-17-15(8-14)9-16(24-25-17)10-19(27)13-4-6-20(21,22)7-5-13/h2-3,8-9,11-13H,4-7,10H2,1H3. The van der Waals surface area contributed by atoms with Gasteiger partial charge in [0.25, 0.3) is 0 Å². The molecule has 2 aromatic heterocycles. The lowest BCUT2D eigenvalue weighted by Gasteiger charge is -2.27. The van der Waals surface area contributed by atoms with Gasteiger partial charge in [-0.05, 0) is 31.0 Å². The van der Waals surface area contributed by atoms with Crippen LogP contribution in [-0.4, -0.2) is 31.5 Å². The van der Waals surface area contributed by atoms with Crippen LogP contribution in [-0.2, 0) is 18.3 Å². The molecule has 1 aliphatic rings. The van der Waals surface area contributed by atoms with Crippen molar-refractivity contribution in [3.05, 3.63) is 42.5 Å². The van der Waals surface area contributed by atoms with Crippen LogP contribution in [0.3, 0.4) is 0 Å². The number of Topliss-reactive ketones (excluding diaryl/α,β-unsaturated/α-hetero) is 1.